The molecule has 270 valence electrons. The SMILES string of the molecule is O=P(Cc1cc2cc(Br)cc3c2cc1[O][Al][O]c1cc2c-3cc(Br)cc2cc1CP(=O)(c1ccccc1)c1ccccc1)(c1ccccc1)c1ccccc1.[Y]. The zero-order valence-electron chi connectivity index (χ0n) is 30.0. The molecule has 8 aromatic rings. The van der Waals surface area contributed by atoms with Gasteiger partial charge in [-0.3, -0.25) is 0 Å². The monoisotopic (exact) mass is 984 g/mol. The van der Waals surface area contributed by atoms with Crippen LogP contribution in [0.1, 0.15) is 11.1 Å². The minimum Gasteiger partial charge on any atom is -0.616 e. The van der Waals surface area contributed by atoms with E-state index in [0.29, 0.717) is 11.5 Å². The van der Waals surface area contributed by atoms with E-state index in [-0.39, 0.29) is 45.0 Å². The van der Waals surface area contributed by atoms with Gasteiger partial charge in [-0.2, -0.15) is 0 Å². The molecule has 8 aromatic carbocycles. The molecule has 0 spiro atoms. The fraction of sp³-hybridized carbons (Fsp3) is 0.0435. The van der Waals surface area contributed by atoms with Gasteiger partial charge < -0.3 is 16.7 Å². The summed E-state index contributed by atoms with van der Waals surface area (Å²) in [5.41, 5.74) is 3.73. The topological polar surface area (TPSA) is 52.6 Å². The van der Waals surface area contributed by atoms with Crippen molar-refractivity contribution in [2.45, 2.75) is 12.3 Å². The van der Waals surface area contributed by atoms with E-state index in [4.69, 9.17) is 7.58 Å². The van der Waals surface area contributed by atoms with Gasteiger partial charge in [-0.1, -0.05) is 153 Å². The summed E-state index contributed by atoms with van der Waals surface area (Å²) in [4.78, 5) is 0. The number of hydrogen-bond acceptors (Lipinski definition) is 4. The summed E-state index contributed by atoms with van der Waals surface area (Å²) in [5, 5.41) is 7.21. The number of fused-ring (bicyclic) bond motifs is 3. The van der Waals surface area contributed by atoms with E-state index in [2.05, 4.69) is 80.4 Å². The van der Waals surface area contributed by atoms with E-state index in [1.165, 1.54) is 0 Å². The van der Waals surface area contributed by atoms with Crippen LogP contribution < -0.4 is 28.8 Å². The number of hydrogen-bond donors (Lipinski definition) is 0. The van der Waals surface area contributed by atoms with E-state index in [1.807, 2.05) is 121 Å². The Balaban J connectivity index is 0.00000441. The molecule has 1 aliphatic rings. The minimum atomic E-state index is -3.15. The number of halogens is 2. The molecule has 1 heterocycles. The molecular weight excluding hydrogens is 954 g/mol. The smallest absolute Gasteiger partial charge is 0.616 e. The second kappa shape index (κ2) is 16.7. The first-order chi connectivity index (χ1) is 26.8. The maximum Gasteiger partial charge on any atom is 0.881 e. The molecule has 1 aliphatic heterocycles. The first kappa shape index (κ1) is 39.7. The normalized spacial score (nSPS) is 12.3. The van der Waals surface area contributed by atoms with Gasteiger partial charge in [0.05, 0.1) is 11.5 Å². The van der Waals surface area contributed by atoms with Crippen molar-refractivity contribution in [2.24, 2.45) is 0 Å². The van der Waals surface area contributed by atoms with Crippen molar-refractivity contribution in [1.29, 1.82) is 0 Å². The fourth-order valence-electron chi connectivity index (χ4n) is 7.66. The third kappa shape index (κ3) is 7.64. The first-order valence-corrected chi connectivity index (χ1v) is 24.2. The van der Waals surface area contributed by atoms with Gasteiger partial charge in [-0.15, -0.1) is 0 Å². The second-order valence-electron chi connectivity index (χ2n) is 13.7. The van der Waals surface area contributed by atoms with Crippen LogP contribution in [0, 0.1) is 0 Å². The Hall–Kier alpha value is -3.06. The summed E-state index contributed by atoms with van der Waals surface area (Å²) in [7, 11) is -6.30. The standard InChI is InChI=1S/C46H34Br2O4P2.Al.Y/c47-35-23-31-21-33(29-53(51,37-13-5-1-6-14-37)38-15-7-2-8-16-38)45(49)27-41(31)43(25-35)44-26-36(48)24-32-22-34(46(50)28-42(32)44)30-54(52,39-17-9-3-10-18-39)40-19-11-4-12-20-40;;/h1-28,49-50H,29-30H2;;/q;+2;/p-2. The molecule has 0 saturated heterocycles. The summed E-state index contributed by atoms with van der Waals surface area (Å²) >= 11 is 6.58. The largest absolute Gasteiger partial charge is 0.881 e. The van der Waals surface area contributed by atoms with Crippen molar-refractivity contribution in [1.82, 2.24) is 0 Å². The Kier molecular flexibility index (Phi) is 11.8. The summed E-state index contributed by atoms with van der Waals surface area (Å²) in [6.07, 6.45) is 0.538. The van der Waals surface area contributed by atoms with Crippen molar-refractivity contribution in [3.63, 3.8) is 0 Å². The molecule has 0 aromatic heterocycles. The van der Waals surface area contributed by atoms with Crippen LogP contribution >= 0.6 is 46.1 Å². The Morgan fingerprint density at radius 1 is 0.446 bits per heavy atom. The van der Waals surface area contributed by atoms with Crippen LogP contribution in [0.5, 0.6) is 11.5 Å². The molecule has 10 heteroatoms. The Labute approximate surface area is 375 Å². The molecule has 0 saturated carbocycles. The van der Waals surface area contributed by atoms with Crippen LogP contribution in [-0.4, -0.2) is 15.9 Å². The molecular formula is C46H32AlBr2O4P2Y. The van der Waals surface area contributed by atoms with Crippen LogP contribution in [-0.2, 0) is 54.2 Å². The maximum atomic E-state index is 15.4. The third-order valence-corrected chi connectivity index (χ3v) is 18.0. The zero-order chi connectivity index (χ0) is 37.6. The van der Waals surface area contributed by atoms with Gasteiger partial charge in [0.1, 0.15) is 14.3 Å². The Bertz CT molecular complexity index is 2550. The molecule has 0 atom stereocenters. The predicted octanol–water partition coefficient (Wildman–Crippen LogP) is 11.5. The first-order valence-electron chi connectivity index (χ1n) is 17.9. The van der Waals surface area contributed by atoms with Crippen molar-refractivity contribution >= 4 is 105 Å². The predicted molar refractivity (Wildman–Crippen MR) is 236 cm³/mol. The van der Waals surface area contributed by atoms with Crippen LogP contribution in [0.2, 0.25) is 0 Å². The van der Waals surface area contributed by atoms with Gasteiger partial charge in [-0.05, 0) is 92.3 Å². The van der Waals surface area contributed by atoms with Crippen LogP contribution in [0.3, 0.4) is 0 Å². The molecule has 0 amide bonds. The molecule has 0 fully saturated rings. The quantitative estimate of drug-likeness (QED) is 0.112. The zero-order valence-corrected chi connectivity index (χ0v) is 39.0. The van der Waals surface area contributed by atoms with E-state index >= 15 is 9.13 Å². The number of benzene rings is 8. The van der Waals surface area contributed by atoms with Gasteiger partial charge in [0, 0.05) is 75.2 Å². The van der Waals surface area contributed by atoms with Gasteiger partial charge in [0.15, 0.2) is 0 Å². The molecule has 9 rings (SSSR count). The van der Waals surface area contributed by atoms with Crippen molar-refractivity contribution in [3.8, 4) is 22.6 Å². The van der Waals surface area contributed by atoms with Gasteiger partial charge in [-0.25, -0.2) is 0 Å². The van der Waals surface area contributed by atoms with Crippen LogP contribution in [0.15, 0.2) is 179 Å². The van der Waals surface area contributed by atoms with Crippen molar-refractivity contribution in [3.05, 3.63) is 190 Å². The molecule has 0 unspecified atom stereocenters. The average Bonchev–Trinajstić information content (AvgIpc) is 3.24. The van der Waals surface area contributed by atoms with Crippen molar-refractivity contribution in [2.75, 3.05) is 0 Å². The van der Waals surface area contributed by atoms with E-state index in [1.54, 1.807) is 0 Å². The third-order valence-electron chi connectivity index (χ3n) is 10.3. The van der Waals surface area contributed by atoms with Crippen LogP contribution in [0.25, 0.3) is 32.7 Å². The summed E-state index contributed by atoms with van der Waals surface area (Å²) < 4.78 is 46.0. The van der Waals surface area contributed by atoms with E-state index in [9.17, 15) is 0 Å². The summed E-state index contributed by atoms with van der Waals surface area (Å²) in [6.45, 7) is 0. The van der Waals surface area contributed by atoms with Gasteiger partial charge >= 0.3 is 15.9 Å². The van der Waals surface area contributed by atoms with Gasteiger partial charge in [0.2, 0.25) is 0 Å². The molecule has 56 heavy (non-hydrogen) atoms. The molecule has 0 aliphatic carbocycles. The van der Waals surface area contributed by atoms with Gasteiger partial charge in [0.25, 0.3) is 0 Å². The Morgan fingerprint density at radius 3 is 1.09 bits per heavy atom. The maximum absolute atomic E-state index is 15.4. The molecule has 4 nitrogen and oxygen atoms in total. The number of rotatable bonds is 8. The summed E-state index contributed by atoms with van der Waals surface area (Å²) in [6, 6.07) is 55.9. The van der Waals surface area contributed by atoms with E-state index in [0.717, 1.165) is 74.0 Å². The minimum absolute atomic E-state index is 0. The van der Waals surface area contributed by atoms with E-state index < -0.39 is 30.2 Å². The average molecular weight is 986 g/mol. The molecule has 2 radical (unpaired) electrons. The van der Waals surface area contributed by atoms with Crippen molar-refractivity contribution < 1.29 is 49.4 Å². The van der Waals surface area contributed by atoms with Crippen LogP contribution in [0.4, 0.5) is 0 Å². The molecule has 4 bridgehead atoms. The summed E-state index contributed by atoms with van der Waals surface area (Å²) in [5.74, 6) is 1.28. The fourth-order valence-corrected chi connectivity index (χ4v) is 14.7. The molecule has 0 N–H and O–H groups in total. The Morgan fingerprint density at radius 2 is 0.768 bits per heavy atom. The second-order valence-corrected chi connectivity index (χ2v) is 21.9.